The Labute approximate surface area is 95.5 Å². The van der Waals surface area contributed by atoms with Crippen molar-refractivity contribution in [2.45, 2.75) is 25.7 Å². The van der Waals surface area contributed by atoms with E-state index in [0.29, 0.717) is 12.5 Å². The van der Waals surface area contributed by atoms with Crippen molar-refractivity contribution in [2.24, 2.45) is 11.8 Å². The fraction of sp³-hybridized carbons (Fsp3) is 0.900. The molecular weight excluding hydrogens is 230 g/mol. The highest BCUT2D eigenvalue weighted by atomic mass is 32.2. The Hall–Kier alpha value is -0.620. The molecule has 5 nitrogen and oxygen atoms in total. The standard InChI is InChI=1S/C10H17NO4S/c12-10(13)6-11(5-8-1-2-8)16(14,15)7-9-3-4-9/h8-9H,1-7H2,(H,12,13). The first-order valence-electron chi connectivity index (χ1n) is 5.67. The van der Waals surface area contributed by atoms with Gasteiger partial charge in [-0.05, 0) is 37.5 Å². The maximum Gasteiger partial charge on any atom is 0.318 e. The number of nitrogens with zero attached hydrogens (tertiary/aromatic N) is 1. The van der Waals surface area contributed by atoms with E-state index in [1.807, 2.05) is 0 Å². The molecule has 0 aromatic rings. The van der Waals surface area contributed by atoms with Crippen molar-refractivity contribution in [3.63, 3.8) is 0 Å². The largest absolute Gasteiger partial charge is 0.480 e. The van der Waals surface area contributed by atoms with Crippen LogP contribution in [0.25, 0.3) is 0 Å². The molecule has 0 radical (unpaired) electrons. The van der Waals surface area contributed by atoms with Crippen molar-refractivity contribution in [2.75, 3.05) is 18.8 Å². The van der Waals surface area contributed by atoms with Crippen LogP contribution in [-0.2, 0) is 14.8 Å². The van der Waals surface area contributed by atoms with Crippen molar-refractivity contribution in [1.82, 2.24) is 4.31 Å². The normalized spacial score (nSPS) is 21.3. The highest BCUT2D eigenvalue weighted by Gasteiger charge is 2.35. The fourth-order valence-corrected chi connectivity index (χ4v) is 3.59. The van der Waals surface area contributed by atoms with Gasteiger partial charge in [-0.15, -0.1) is 0 Å². The number of hydrogen-bond acceptors (Lipinski definition) is 3. The maximum absolute atomic E-state index is 11.9. The van der Waals surface area contributed by atoms with Gasteiger partial charge in [0.2, 0.25) is 10.0 Å². The molecule has 0 amide bonds. The van der Waals surface area contributed by atoms with E-state index in [4.69, 9.17) is 5.11 Å². The molecule has 0 bridgehead atoms. The van der Waals surface area contributed by atoms with E-state index in [0.717, 1.165) is 30.0 Å². The molecule has 2 rings (SSSR count). The van der Waals surface area contributed by atoms with E-state index in [1.54, 1.807) is 0 Å². The third-order valence-electron chi connectivity index (χ3n) is 3.01. The average Bonchev–Trinajstić information content (AvgIpc) is 2.96. The van der Waals surface area contributed by atoms with Crippen molar-refractivity contribution in [3.8, 4) is 0 Å². The van der Waals surface area contributed by atoms with E-state index in [-0.39, 0.29) is 18.2 Å². The molecule has 0 aromatic heterocycles. The minimum atomic E-state index is -3.36. The first kappa shape index (κ1) is 11.9. The Morgan fingerprint density at radius 1 is 1.19 bits per heavy atom. The molecule has 0 atom stereocenters. The quantitative estimate of drug-likeness (QED) is 0.712. The number of carbonyl (C=O) groups is 1. The van der Waals surface area contributed by atoms with Gasteiger partial charge in [-0.3, -0.25) is 4.79 Å². The SMILES string of the molecule is O=C(O)CN(CC1CC1)S(=O)(=O)CC1CC1. The molecule has 2 fully saturated rings. The predicted octanol–water partition coefficient (Wildman–Crippen LogP) is 0.523. The molecule has 0 saturated heterocycles. The Morgan fingerprint density at radius 2 is 1.75 bits per heavy atom. The van der Waals surface area contributed by atoms with Crippen LogP contribution in [0.4, 0.5) is 0 Å². The van der Waals surface area contributed by atoms with E-state index in [1.165, 1.54) is 0 Å². The summed E-state index contributed by atoms with van der Waals surface area (Å²) in [5.74, 6) is -0.290. The summed E-state index contributed by atoms with van der Waals surface area (Å²) in [6.07, 6.45) is 3.97. The molecule has 6 heteroatoms. The number of aliphatic carboxylic acids is 1. The molecule has 2 aliphatic rings. The van der Waals surface area contributed by atoms with Crippen LogP contribution >= 0.6 is 0 Å². The van der Waals surface area contributed by atoms with E-state index in [9.17, 15) is 13.2 Å². The predicted molar refractivity (Wildman–Crippen MR) is 58.4 cm³/mol. The first-order valence-corrected chi connectivity index (χ1v) is 7.28. The van der Waals surface area contributed by atoms with Gasteiger partial charge in [0.25, 0.3) is 0 Å². The van der Waals surface area contributed by atoms with Crippen LogP contribution in [0.1, 0.15) is 25.7 Å². The number of rotatable bonds is 7. The molecule has 0 unspecified atom stereocenters. The lowest BCUT2D eigenvalue weighted by atomic mass is 10.4. The second kappa shape index (κ2) is 4.33. The summed E-state index contributed by atoms with van der Waals surface area (Å²) in [6.45, 7) is 0.00685. The molecule has 0 aromatic carbocycles. The Kier molecular flexibility index (Phi) is 3.21. The molecule has 2 aliphatic carbocycles. The number of carboxylic acid groups (broad SMARTS) is 1. The second-order valence-electron chi connectivity index (χ2n) is 4.85. The maximum atomic E-state index is 11.9. The number of hydrogen-bond donors (Lipinski definition) is 1. The number of carboxylic acids is 1. The molecule has 1 N–H and O–H groups in total. The molecule has 92 valence electrons. The zero-order chi connectivity index (χ0) is 11.8. The summed E-state index contributed by atoms with van der Waals surface area (Å²) >= 11 is 0. The van der Waals surface area contributed by atoms with Gasteiger partial charge in [0, 0.05) is 6.54 Å². The van der Waals surface area contributed by atoms with Gasteiger partial charge in [-0.2, -0.15) is 4.31 Å². The van der Waals surface area contributed by atoms with Crippen LogP contribution < -0.4 is 0 Å². The van der Waals surface area contributed by atoms with E-state index in [2.05, 4.69) is 0 Å². The van der Waals surface area contributed by atoms with Crippen LogP contribution in [-0.4, -0.2) is 42.6 Å². The summed E-state index contributed by atoms with van der Waals surface area (Å²) < 4.78 is 25.0. The molecule has 0 heterocycles. The second-order valence-corrected chi connectivity index (χ2v) is 6.87. The summed E-state index contributed by atoms with van der Waals surface area (Å²) in [5.41, 5.74) is 0. The van der Waals surface area contributed by atoms with Gasteiger partial charge < -0.3 is 5.11 Å². The zero-order valence-corrected chi connectivity index (χ0v) is 9.95. The van der Waals surface area contributed by atoms with Crippen molar-refractivity contribution >= 4 is 16.0 Å². The van der Waals surface area contributed by atoms with Gasteiger partial charge in [-0.1, -0.05) is 0 Å². The van der Waals surface area contributed by atoms with E-state index >= 15 is 0 Å². The van der Waals surface area contributed by atoms with Crippen LogP contribution in [0, 0.1) is 11.8 Å². The lowest BCUT2D eigenvalue weighted by Crippen LogP contribution is -2.39. The first-order chi connectivity index (χ1) is 7.47. The van der Waals surface area contributed by atoms with Crippen LogP contribution in [0.15, 0.2) is 0 Å². The smallest absolute Gasteiger partial charge is 0.318 e. The number of sulfonamides is 1. The van der Waals surface area contributed by atoms with E-state index < -0.39 is 16.0 Å². The molecular formula is C10H17NO4S. The van der Waals surface area contributed by atoms with Crippen LogP contribution in [0.5, 0.6) is 0 Å². The van der Waals surface area contributed by atoms with Gasteiger partial charge in [0.05, 0.1) is 5.75 Å². The summed E-state index contributed by atoms with van der Waals surface area (Å²) in [7, 11) is -3.36. The van der Waals surface area contributed by atoms with Gasteiger partial charge in [0.1, 0.15) is 6.54 Å². The molecule has 2 saturated carbocycles. The summed E-state index contributed by atoms with van der Waals surface area (Å²) in [4.78, 5) is 10.7. The lowest BCUT2D eigenvalue weighted by molar-refractivity contribution is -0.137. The van der Waals surface area contributed by atoms with Crippen molar-refractivity contribution in [3.05, 3.63) is 0 Å². The van der Waals surface area contributed by atoms with Crippen LogP contribution in [0.3, 0.4) is 0 Å². The van der Waals surface area contributed by atoms with Gasteiger partial charge in [0.15, 0.2) is 0 Å². The highest BCUT2D eigenvalue weighted by Crippen LogP contribution is 2.33. The monoisotopic (exact) mass is 247 g/mol. The molecule has 0 aliphatic heterocycles. The van der Waals surface area contributed by atoms with Crippen molar-refractivity contribution < 1.29 is 18.3 Å². The third kappa shape index (κ3) is 3.45. The Bertz CT molecular complexity index is 370. The molecule has 0 spiro atoms. The minimum Gasteiger partial charge on any atom is -0.480 e. The highest BCUT2D eigenvalue weighted by molar-refractivity contribution is 7.89. The Balaban J connectivity index is 1.98. The topological polar surface area (TPSA) is 74.7 Å². The minimum absolute atomic E-state index is 0.132. The average molecular weight is 247 g/mol. The Morgan fingerprint density at radius 3 is 2.19 bits per heavy atom. The summed E-state index contributed by atoms with van der Waals surface area (Å²) in [5, 5.41) is 8.72. The third-order valence-corrected chi connectivity index (χ3v) is 4.96. The fourth-order valence-electron chi connectivity index (χ4n) is 1.70. The van der Waals surface area contributed by atoms with Gasteiger partial charge in [-0.25, -0.2) is 8.42 Å². The van der Waals surface area contributed by atoms with Crippen LogP contribution in [0.2, 0.25) is 0 Å². The lowest BCUT2D eigenvalue weighted by Gasteiger charge is -2.19. The summed E-state index contributed by atoms with van der Waals surface area (Å²) in [6, 6.07) is 0. The van der Waals surface area contributed by atoms with Crippen molar-refractivity contribution in [1.29, 1.82) is 0 Å². The zero-order valence-electron chi connectivity index (χ0n) is 9.13. The molecule has 16 heavy (non-hydrogen) atoms. The van der Waals surface area contributed by atoms with Gasteiger partial charge >= 0.3 is 5.97 Å².